The van der Waals surface area contributed by atoms with E-state index in [0.29, 0.717) is 16.8 Å². The van der Waals surface area contributed by atoms with E-state index in [4.69, 9.17) is 4.74 Å². The van der Waals surface area contributed by atoms with Gasteiger partial charge >= 0.3 is 0 Å². The first-order chi connectivity index (χ1) is 15.4. The number of hydrogen-bond donors (Lipinski definition) is 2. The van der Waals surface area contributed by atoms with E-state index in [-0.39, 0.29) is 30.3 Å². The van der Waals surface area contributed by atoms with Crippen molar-refractivity contribution in [3.05, 3.63) is 55.5 Å². The third-order valence-corrected chi connectivity index (χ3v) is 6.33. The lowest BCUT2D eigenvalue weighted by atomic mass is 9.83. The lowest BCUT2D eigenvalue weighted by molar-refractivity contribution is -0.0153. The van der Waals surface area contributed by atoms with Crippen LogP contribution >= 0.6 is 0 Å². The Hall–Kier alpha value is -3.24. The number of phenolic OH excluding ortho intramolecular Hbond substituents is 1. The molecule has 8 nitrogen and oxygen atoms in total. The van der Waals surface area contributed by atoms with Gasteiger partial charge in [-0.25, -0.2) is 18.7 Å². The summed E-state index contributed by atoms with van der Waals surface area (Å²) in [6.45, 7) is 4.08. The van der Waals surface area contributed by atoms with E-state index >= 15 is 0 Å². The Labute approximate surface area is 183 Å². The van der Waals surface area contributed by atoms with Crippen molar-refractivity contribution >= 4 is 5.57 Å². The molecule has 2 aliphatic heterocycles. The van der Waals surface area contributed by atoms with Crippen LogP contribution in [0.1, 0.15) is 18.7 Å². The van der Waals surface area contributed by atoms with Crippen molar-refractivity contribution in [2.45, 2.75) is 37.0 Å². The molecule has 0 spiro atoms. The number of alkyl halides is 2. The van der Waals surface area contributed by atoms with Crippen molar-refractivity contribution in [1.29, 1.82) is 0 Å². The highest BCUT2D eigenvalue weighted by molar-refractivity contribution is 5.68. The SMILES string of the molecule is C=C(c1ncc(-c2ccc(-n3ccnc3)cc2O)nn1)[C@H]1CC2NC(CC2(F)F)[C@@H]1OC. The smallest absolute Gasteiger partial charge is 0.264 e. The van der Waals surface area contributed by atoms with Gasteiger partial charge in [0, 0.05) is 49.5 Å². The molecule has 166 valence electrons. The van der Waals surface area contributed by atoms with Crippen molar-refractivity contribution < 1.29 is 18.6 Å². The van der Waals surface area contributed by atoms with Gasteiger partial charge in [0.2, 0.25) is 0 Å². The number of phenols is 1. The van der Waals surface area contributed by atoms with Crippen LogP contribution in [0.3, 0.4) is 0 Å². The molecular formula is C22H22F2N6O2. The first-order valence-corrected chi connectivity index (χ1v) is 10.2. The molecule has 0 radical (unpaired) electrons. The quantitative estimate of drug-likeness (QED) is 0.630. The Morgan fingerprint density at radius 1 is 1.34 bits per heavy atom. The van der Waals surface area contributed by atoms with Gasteiger partial charge in [0.15, 0.2) is 5.82 Å². The van der Waals surface area contributed by atoms with Gasteiger partial charge in [-0.1, -0.05) is 6.58 Å². The fraction of sp³-hybridized carbons (Fsp3) is 0.364. The molecule has 2 fully saturated rings. The van der Waals surface area contributed by atoms with Crippen LogP contribution in [0.15, 0.2) is 49.7 Å². The predicted octanol–water partition coefficient (Wildman–Crippen LogP) is 2.84. The Morgan fingerprint density at radius 2 is 2.19 bits per heavy atom. The second-order valence-corrected chi connectivity index (χ2v) is 8.20. The van der Waals surface area contributed by atoms with Gasteiger partial charge in [-0.15, -0.1) is 10.2 Å². The summed E-state index contributed by atoms with van der Waals surface area (Å²) in [5.74, 6) is -2.82. The minimum atomic E-state index is -2.78. The van der Waals surface area contributed by atoms with Gasteiger partial charge in [-0.05, 0) is 24.1 Å². The number of aromatic hydroxyl groups is 1. The highest BCUT2D eigenvalue weighted by Crippen LogP contribution is 2.45. The van der Waals surface area contributed by atoms with Gasteiger partial charge < -0.3 is 19.7 Å². The van der Waals surface area contributed by atoms with Crippen molar-refractivity contribution in [3.63, 3.8) is 0 Å². The maximum absolute atomic E-state index is 14.2. The van der Waals surface area contributed by atoms with Crippen molar-refractivity contribution in [3.8, 4) is 22.7 Å². The molecular weight excluding hydrogens is 418 g/mol. The van der Waals surface area contributed by atoms with E-state index in [1.54, 1.807) is 35.4 Å². The lowest BCUT2D eigenvalue weighted by Crippen LogP contribution is -2.51. The molecule has 10 heteroatoms. The van der Waals surface area contributed by atoms with E-state index in [1.165, 1.54) is 13.3 Å². The summed E-state index contributed by atoms with van der Waals surface area (Å²) in [6, 6.07) is 3.77. The maximum Gasteiger partial charge on any atom is 0.264 e. The number of aromatic nitrogens is 5. The summed E-state index contributed by atoms with van der Waals surface area (Å²) in [5.41, 5.74) is 2.12. The lowest BCUT2D eigenvalue weighted by Gasteiger charge is -2.36. The number of rotatable bonds is 5. The zero-order chi connectivity index (χ0) is 22.5. The third-order valence-electron chi connectivity index (χ3n) is 6.33. The number of methoxy groups -OCH3 is 1. The molecule has 4 atom stereocenters. The van der Waals surface area contributed by atoms with Crippen LogP contribution in [0.2, 0.25) is 0 Å². The zero-order valence-corrected chi connectivity index (χ0v) is 17.3. The topological polar surface area (TPSA) is 98.0 Å². The molecule has 32 heavy (non-hydrogen) atoms. The molecule has 3 aromatic rings. The first kappa shape index (κ1) is 20.7. The Morgan fingerprint density at radius 3 is 2.84 bits per heavy atom. The highest BCUT2D eigenvalue weighted by atomic mass is 19.3. The van der Waals surface area contributed by atoms with Crippen LogP contribution in [0.5, 0.6) is 5.75 Å². The number of piperidine rings is 1. The minimum Gasteiger partial charge on any atom is -0.507 e. The molecule has 5 rings (SSSR count). The summed E-state index contributed by atoms with van der Waals surface area (Å²) in [4.78, 5) is 8.35. The molecule has 1 aromatic carbocycles. The number of nitrogens with one attached hydrogen (secondary N) is 1. The van der Waals surface area contributed by atoms with Crippen LogP contribution < -0.4 is 5.32 Å². The van der Waals surface area contributed by atoms with E-state index in [1.807, 2.05) is 6.07 Å². The third kappa shape index (κ3) is 3.45. The molecule has 2 aromatic heterocycles. The first-order valence-electron chi connectivity index (χ1n) is 10.2. The molecule has 2 bridgehead atoms. The summed E-state index contributed by atoms with van der Waals surface area (Å²) in [6.07, 6.45) is 6.02. The minimum absolute atomic E-state index is 0.0236. The number of imidazole rings is 1. The Bertz CT molecular complexity index is 1140. The fourth-order valence-electron chi connectivity index (χ4n) is 4.68. The van der Waals surface area contributed by atoms with Crippen LogP contribution in [0, 0.1) is 5.92 Å². The second-order valence-electron chi connectivity index (χ2n) is 8.20. The fourth-order valence-corrected chi connectivity index (χ4v) is 4.68. The molecule has 0 aliphatic carbocycles. The highest BCUT2D eigenvalue weighted by Gasteiger charge is 2.57. The van der Waals surface area contributed by atoms with Gasteiger partial charge in [0.1, 0.15) is 11.4 Å². The number of halogens is 2. The molecule has 2 aliphatic rings. The van der Waals surface area contributed by atoms with E-state index in [0.717, 1.165) is 5.69 Å². The Balaban J connectivity index is 1.37. The second kappa shape index (κ2) is 7.72. The van der Waals surface area contributed by atoms with Crippen LogP contribution in [-0.4, -0.2) is 61.1 Å². The number of ether oxygens (including phenoxy) is 1. The van der Waals surface area contributed by atoms with Crippen LogP contribution in [0.25, 0.3) is 22.5 Å². The number of fused-ring (bicyclic) bond motifs is 2. The summed E-state index contributed by atoms with van der Waals surface area (Å²) < 4.78 is 35.8. The largest absolute Gasteiger partial charge is 0.507 e. The normalized spacial score (nSPS) is 26.2. The van der Waals surface area contributed by atoms with E-state index < -0.39 is 24.1 Å². The summed E-state index contributed by atoms with van der Waals surface area (Å²) in [5, 5.41) is 21.8. The standard InChI is InChI=1S/C22H22F2N6O2/c1-12(15-8-19-22(23,24)9-16(27-19)20(15)32-2)21-26-10-17(28-29-21)14-4-3-13(7-18(14)31)30-6-5-25-11-30/h3-7,10-11,15-16,19-20,27,31H,1,8-9H2,2H3/t15-,16?,19?,20-/m1/s1. The number of nitrogens with zero attached hydrogens (tertiary/aromatic N) is 5. The molecule has 4 heterocycles. The van der Waals surface area contributed by atoms with Crippen molar-refractivity contribution in [1.82, 2.24) is 30.0 Å². The van der Waals surface area contributed by atoms with E-state index in [9.17, 15) is 13.9 Å². The molecule has 0 saturated carbocycles. The van der Waals surface area contributed by atoms with Crippen molar-refractivity contribution in [2.75, 3.05) is 7.11 Å². The van der Waals surface area contributed by atoms with Gasteiger partial charge in [0.25, 0.3) is 5.92 Å². The van der Waals surface area contributed by atoms with Crippen LogP contribution in [0.4, 0.5) is 8.78 Å². The predicted molar refractivity (Wildman–Crippen MR) is 112 cm³/mol. The van der Waals surface area contributed by atoms with Gasteiger partial charge in [0.05, 0.1) is 30.4 Å². The molecule has 2 N–H and O–H groups in total. The Kier molecular flexibility index (Phi) is 4.98. The maximum atomic E-state index is 14.2. The van der Waals surface area contributed by atoms with Crippen molar-refractivity contribution in [2.24, 2.45) is 5.92 Å². The van der Waals surface area contributed by atoms with Gasteiger partial charge in [-0.2, -0.15) is 0 Å². The van der Waals surface area contributed by atoms with Crippen LogP contribution in [-0.2, 0) is 4.74 Å². The van der Waals surface area contributed by atoms with Gasteiger partial charge in [-0.3, -0.25) is 0 Å². The average Bonchev–Trinajstić information content (AvgIpc) is 3.40. The molecule has 2 saturated heterocycles. The van der Waals surface area contributed by atoms with E-state index in [2.05, 4.69) is 32.1 Å². The average molecular weight is 440 g/mol. The zero-order valence-electron chi connectivity index (χ0n) is 17.3. The number of benzene rings is 1. The monoisotopic (exact) mass is 440 g/mol. The molecule has 2 unspecified atom stereocenters. The molecule has 0 amide bonds. The summed E-state index contributed by atoms with van der Waals surface area (Å²) >= 11 is 0. The summed E-state index contributed by atoms with van der Waals surface area (Å²) in [7, 11) is 1.52. The number of hydrogen-bond acceptors (Lipinski definition) is 7.